The van der Waals surface area contributed by atoms with Crippen molar-refractivity contribution < 1.29 is 9.21 Å². The molecular formula is C18H20N2O2. The van der Waals surface area contributed by atoms with Gasteiger partial charge in [0, 0.05) is 22.2 Å². The summed E-state index contributed by atoms with van der Waals surface area (Å²) in [5.41, 5.74) is 2.71. The number of carbonyl (C=O) groups is 1. The first-order valence-corrected chi connectivity index (χ1v) is 7.42. The number of para-hydroxylation sites is 1. The highest BCUT2D eigenvalue weighted by atomic mass is 16.3. The number of hydrogen-bond donors (Lipinski definition) is 1. The summed E-state index contributed by atoms with van der Waals surface area (Å²) in [6.07, 6.45) is 1.65. The maximum atomic E-state index is 12.9. The molecule has 2 aromatic heterocycles. The Labute approximate surface area is 129 Å². The van der Waals surface area contributed by atoms with Crippen LogP contribution < -0.4 is 0 Å². The predicted octanol–water partition coefficient (Wildman–Crippen LogP) is 3.77. The molecule has 114 valence electrons. The molecule has 0 aliphatic rings. The molecule has 0 aliphatic carbocycles. The minimum Gasteiger partial charge on any atom is -0.468 e. The second-order valence-electron chi connectivity index (χ2n) is 5.71. The van der Waals surface area contributed by atoms with Crippen LogP contribution in [0.4, 0.5) is 0 Å². The lowest BCUT2D eigenvalue weighted by Crippen LogP contribution is -2.35. The molecular weight excluding hydrogens is 276 g/mol. The summed E-state index contributed by atoms with van der Waals surface area (Å²) in [5.74, 6) is 0.988. The minimum absolute atomic E-state index is 0.129. The molecule has 0 unspecified atom stereocenters. The maximum Gasteiger partial charge on any atom is 0.182 e. The number of H-pyrrole nitrogens is 1. The number of carbonyl (C=O) groups excluding carboxylic acids is 1. The van der Waals surface area contributed by atoms with Gasteiger partial charge in [-0.15, -0.1) is 0 Å². The number of rotatable bonds is 5. The zero-order valence-electron chi connectivity index (χ0n) is 13.1. The lowest BCUT2D eigenvalue weighted by atomic mass is 10.0. The SMILES string of the molecule is Cc1[nH]c2ccccc2c1C(=O)[C@H](C)N(C)Cc1ccco1. The normalized spacial score (nSPS) is 12.9. The van der Waals surface area contributed by atoms with E-state index in [1.807, 2.05) is 62.2 Å². The van der Waals surface area contributed by atoms with Gasteiger partial charge in [0.2, 0.25) is 0 Å². The molecule has 0 radical (unpaired) electrons. The highest BCUT2D eigenvalue weighted by Gasteiger charge is 2.24. The third-order valence-corrected chi connectivity index (χ3v) is 4.17. The number of nitrogens with one attached hydrogen (secondary N) is 1. The van der Waals surface area contributed by atoms with Crippen LogP contribution in [0.2, 0.25) is 0 Å². The fourth-order valence-corrected chi connectivity index (χ4v) is 2.79. The van der Waals surface area contributed by atoms with Crippen LogP contribution in [0.25, 0.3) is 10.9 Å². The van der Waals surface area contributed by atoms with Gasteiger partial charge in [0.1, 0.15) is 5.76 Å². The van der Waals surface area contributed by atoms with Crippen LogP contribution in [0.1, 0.15) is 28.7 Å². The molecule has 4 heteroatoms. The second-order valence-corrected chi connectivity index (χ2v) is 5.71. The monoisotopic (exact) mass is 296 g/mol. The molecule has 2 heterocycles. The summed E-state index contributed by atoms with van der Waals surface area (Å²) in [6.45, 7) is 4.50. The molecule has 22 heavy (non-hydrogen) atoms. The number of Topliss-reactive ketones (excluding diaryl/α,β-unsaturated/α-hetero) is 1. The number of aromatic amines is 1. The molecule has 0 aliphatic heterocycles. The second kappa shape index (κ2) is 5.81. The molecule has 0 fully saturated rings. The largest absolute Gasteiger partial charge is 0.468 e. The number of likely N-dealkylation sites (N-methyl/N-ethyl adjacent to an activating group) is 1. The number of furan rings is 1. The van der Waals surface area contributed by atoms with E-state index >= 15 is 0 Å². The van der Waals surface area contributed by atoms with Crippen molar-refractivity contribution in [3.05, 3.63) is 59.7 Å². The Bertz CT molecular complexity index is 787. The average molecular weight is 296 g/mol. The first-order chi connectivity index (χ1) is 10.6. The van der Waals surface area contributed by atoms with E-state index < -0.39 is 0 Å². The first kappa shape index (κ1) is 14.6. The topological polar surface area (TPSA) is 49.2 Å². The van der Waals surface area contributed by atoms with Crippen molar-refractivity contribution in [2.45, 2.75) is 26.4 Å². The van der Waals surface area contributed by atoms with Gasteiger partial charge in [-0.25, -0.2) is 0 Å². The summed E-state index contributed by atoms with van der Waals surface area (Å²) in [7, 11) is 1.94. The van der Waals surface area contributed by atoms with Crippen LogP contribution in [0.15, 0.2) is 47.1 Å². The van der Waals surface area contributed by atoms with Gasteiger partial charge in [-0.1, -0.05) is 18.2 Å². The van der Waals surface area contributed by atoms with Crippen LogP contribution in [0.3, 0.4) is 0 Å². The third-order valence-electron chi connectivity index (χ3n) is 4.17. The Kier molecular flexibility index (Phi) is 3.86. The Morgan fingerprint density at radius 2 is 2.05 bits per heavy atom. The average Bonchev–Trinajstić information content (AvgIpc) is 3.12. The van der Waals surface area contributed by atoms with Crippen LogP contribution in [-0.4, -0.2) is 28.8 Å². The smallest absolute Gasteiger partial charge is 0.182 e. The standard InChI is InChI=1S/C18H20N2O2/c1-12-17(15-8-4-5-9-16(15)19-12)18(21)13(2)20(3)11-14-7-6-10-22-14/h4-10,13,19H,11H2,1-3H3/t13-/m0/s1. The Morgan fingerprint density at radius 3 is 2.77 bits per heavy atom. The van der Waals surface area contributed by atoms with Crippen molar-refractivity contribution >= 4 is 16.7 Å². The van der Waals surface area contributed by atoms with Crippen LogP contribution >= 0.6 is 0 Å². The summed E-state index contributed by atoms with van der Waals surface area (Å²) >= 11 is 0. The maximum absolute atomic E-state index is 12.9. The summed E-state index contributed by atoms with van der Waals surface area (Å²) in [5, 5.41) is 0.989. The van der Waals surface area contributed by atoms with E-state index in [9.17, 15) is 4.79 Å². The van der Waals surface area contributed by atoms with Crippen molar-refractivity contribution in [3.63, 3.8) is 0 Å². The zero-order valence-corrected chi connectivity index (χ0v) is 13.1. The van der Waals surface area contributed by atoms with Crippen molar-refractivity contribution in [1.82, 2.24) is 9.88 Å². The minimum atomic E-state index is -0.219. The number of ketones is 1. The Balaban J connectivity index is 1.87. The van der Waals surface area contributed by atoms with E-state index in [0.717, 1.165) is 27.9 Å². The fourth-order valence-electron chi connectivity index (χ4n) is 2.79. The van der Waals surface area contributed by atoms with E-state index in [-0.39, 0.29) is 11.8 Å². The molecule has 1 aromatic carbocycles. The van der Waals surface area contributed by atoms with Gasteiger partial charge in [-0.3, -0.25) is 9.69 Å². The predicted molar refractivity (Wildman–Crippen MR) is 87.0 cm³/mol. The molecule has 0 bridgehead atoms. The number of benzene rings is 1. The Hall–Kier alpha value is -2.33. The Morgan fingerprint density at radius 1 is 1.27 bits per heavy atom. The molecule has 3 aromatic rings. The number of aromatic nitrogens is 1. The lowest BCUT2D eigenvalue weighted by Gasteiger charge is -2.22. The zero-order chi connectivity index (χ0) is 15.7. The molecule has 0 saturated carbocycles. The number of nitrogens with zero attached hydrogens (tertiary/aromatic N) is 1. The first-order valence-electron chi connectivity index (χ1n) is 7.42. The van der Waals surface area contributed by atoms with Gasteiger partial charge in [-0.05, 0) is 39.1 Å². The van der Waals surface area contributed by atoms with E-state index in [2.05, 4.69) is 4.98 Å². The quantitative estimate of drug-likeness (QED) is 0.729. The summed E-state index contributed by atoms with van der Waals surface area (Å²) in [4.78, 5) is 18.2. The summed E-state index contributed by atoms with van der Waals surface area (Å²) in [6, 6.07) is 11.5. The van der Waals surface area contributed by atoms with Crippen LogP contribution in [-0.2, 0) is 6.54 Å². The van der Waals surface area contributed by atoms with Crippen LogP contribution in [0, 0.1) is 6.92 Å². The van der Waals surface area contributed by atoms with Gasteiger partial charge < -0.3 is 9.40 Å². The lowest BCUT2D eigenvalue weighted by molar-refractivity contribution is 0.0856. The molecule has 4 nitrogen and oxygen atoms in total. The highest BCUT2D eigenvalue weighted by molar-refractivity contribution is 6.11. The number of aryl methyl sites for hydroxylation is 1. The van der Waals surface area contributed by atoms with Crippen molar-refractivity contribution in [3.8, 4) is 0 Å². The van der Waals surface area contributed by atoms with Gasteiger partial charge >= 0.3 is 0 Å². The van der Waals surface area contributed by atoms with E-state index in [1.165, 1.54) is 0 Å². The molecule has 1 atom stereocenters. The van der Waals surface area contributed by atoms with Crippen molar-refractivity contribution in [2.75, 3.05) is 7.05 Å². The van der Waals surface area contributed by atoms with Crippen molar-refractivity contribution in [1.29, 1.82) is 0 Å². The van der Waals surface area contributed by atoms with E-state index in [4.69, 9.17) is 4.42 Å². The highest BCUT2D eigenvalue weighted by Crippen LogP contribution is 2.24. The third kappa shape index (κ3) is 2.57. The van der Waals surface area contributed by atoms with Crippen LogP contribution in [0.5, 0.6) is 0 Å². The summed E-state index contributed by atoms with van der Waals surface area (Å²) < 4.78 is 5.36. The number of fused-ring (bicyclic) bond motifs is 1. The van der Waals surface area contributed by atoms with Gasteiger partial charge in [0.25, 0.3) is 0 Å². The van der Waals surface area contributed by atoms with Gasteiger partial charge in [-0.2, -0.15) is 0 Å². The van der Waals surface area contributed by atoms with Crippen molar-refractivity contribution in [2.24, 2.45) is 0 Å². The fraction of sp³-hybridized carbons (Fsp3) is 0.278. The van der Waals surface area contributed by atoms with E-state index in [1.54, 1.807) is 6.26 Å². The van der Waals surface area contributed by atoms with E-state index in [0.29, 0.717) is 6.54 Å². The molecule has 0 saturated heterocycles. The van der Waals surface area contributed by atoms with Gasteiger partial charge in [0.05, 0.1) is 18.8 Å². The molecule has 0 spiro atoms. The van der Waals surface area contributed by atoms with Gasteiger partial charge in [0.15, 0.2) is 5.78 Å². The molecule has 1 N–H and O–H groups in total. The molecule has 0 amide bonds. The molecule has 3 rings (SSSR count). The number of hydrogen-bond acceptors (Lipinski definition) is 3.